The third-order valence-electron chi connectivity index (χ3n) is 5.68. The summed E-state index contributed by atoms with van der Waals surface area (Å²) in [7, 11) is 0. The predicted molar refractivity (Wildman–Crippen MR) is 114 cm³/mol. The van der Waals surface area contributed by atoms with E-state index in [1.165, 1.54) is 24.3 Å². The SMILES string of the molecule is O=C1C(c2ccc([N+](=O)[O-])cc2)=C(N2CCN(CCO)CC2)C(=O)N1c1ccc(F)cc1F. The number of rotatable bonds is 6. The molecule has 1 N–H and O–H groups in total. The van der Waals surface area contributed by atoms with E-state index in [0.717, 1.165) is 12.1 Å². The van der Waals surface area contributed by atoms with Gasteiger partial charge in [0.2, 0.25) is 0 Å². The van der Waals surface area contributed by atoms with E-state index in [2.05, 4.69) is 0 Å². The third kappa shape index (κ3) is 4.20. The van der Waals surface area contributed by atoms with E-state index in [-0.39, 0.29) is 34.8 Å². The van der Waals surface area contributed by atoms with Crippen molar-refractivity contribution in [3.05, 3.63) is 75.5 Å². The Morgan fingerprint density at radius 2 is 1.64 bits per heavy atom. The molecule has 0 aliphatic carbocycles. The molecule has 0 bridgehead atoms. The lowest BCUT2D eigenvalue weighted by molar-refractivity contribution is -0.384. The van der Waals surface area contributed by atoms with Crippen molar-refractivity contribution < 1.29 is 28.4 Å². The van der Waals surface area contributed by atoms with Crippen LogP contribution in [-0.4, -0.2) is 71.0 Å². The molecule has 2 heterocycles. The molecule has 4 rings (SSSR count). The molecule has 2 amide bonds. The molecule has 0 atom stereocenters. The first-order chi connectivity index (χ1) is 15.8. The smallest absolute Gasteiger partial charge is 0.282 e. The van der Waals surface area contributed by atoms with Crippen LogP contribution in [0.4, 0.5) is 20.2 Å². The van der Waals surface area contributed by atoms with Gasteiger partial charge in [0.25, 0.3) is 17.5 Å². The van der Waals surface area contributed by atoms with Gasteiger partial charge in [0.05, 0.1) is 22.8 Å². The van der Waals surface area contributed by atoms with E-state index in [0.29, 0.717) is 43.7 Å². The summed E-state index contributed by atoms with van der Waals surface area (Å²) in [5, 5.41) is 20.2. The standard InChI is InChI=1S/C22H20F2N4O5/c23-15-3-6-18(17(24)13-15)27-21(30)19(14-1-4-16(5-2-14)28(32)33)20(22(27)31)26-9-7-25(8-10-26)11-12-29/h1-6,13,29H,7-12H2. The molecular weight excluding hydrogens is 438 g/mol. The molecule has 0 aromatic heterocycles. The van der Waals surface area contributed by atoms with Gasteiger partial charge in [0, 0.05) is 50.9 Å². The number of hydrogen-bond acceptors (Lipinski definition) is 7. The number of aliphatic hydroxyl groups excluding tert-OH is 1. The zero-order chi connectivity index (χ0) is 23.7. The number of nitro benzene ring substituents is 1. The van der Waals surface area contributed by atoms with Crippen LogP contribution in [0, 0.1) is 21.7 Å². The average molecular weight is 458 g/mol. The Kier molecular flexibility index (Phi) is 6.16. The van der Waals surface area contributed by atoms with Gasteiger partial charge in [-0.15, -0.1) is 0 Å². The van der Waals surface area contributed by atoms with Gasteiger partial charge in [0.1, 0.15) is 17.3 Å². The van der Waals surface area contributed by atoms with Crippen LogP contribution in [0.3, 0.4) is 0 Å². The zero-order valence-corrected chi connectivity index (χ0v) is 17.4. The maximum Gasteiger partial charge on any atom is 0.282 e. The fraction of sp³-hybridized carbons (Fsp3) is 0.273. The number of β-amino-alcohol motifs (C(OH)–C–C–N with tert-alkyl or cyclic N) is 1. The number of carbonyl (C=O) groups is 2. The Labute approximate surface area is 187 Å². The summed E-state index contributed by atoms with van der Waals surface area (Å²) in [6.07, 6.45) is 0. The van der Waals surface area contributed by atoms with E-state index < -0.39 is 28.4 Å². The van der Waals surface area contributed by atoms with E-state index in [1.807, 2.05) is 4.90 Å². The van der Waals surface area contributed by atoms with Gasteiger partial charge in [-0.05, 0) is 29.8 Å². The Morgan fingerprint density at radius 3 is 2.21 bits per heavy atom. The maximum atomic E-state index is 14.5. The summed E-state index contributed by atoms with van der Waals surface area (Å²) in [5.41, 5.74) is -0.233. The van der Waals surface area contributed by atoms with Crippen LogP contribution in [0.2, 0.25) is 0 Å². The topological polar surface area (TPSA) is 107 Å². The molecule has 33 heavy (non-hydrogen) atoms. The molecule has 11 heteroatoms. The molecule has 172 valence electrons. The quantitative estimate of drug-likeness (QED) is 0.399. The summed E-state index contributed by atoms with van der Waals surface area (Å²) < 4.78 is 27.9. The molecule has 9 nitrogen and oxygen atoms in total. The van der Waals surface area contributed by atoms with Crippen LogP contribution in [-0.2, 0) is 9.59 Å². The van der Waals surface area contributed by atoms with Crippen molar-refractivity contribution in [2.45, 2.75) is 0 Å². The molecule has 0 radical (unpaired) electrons. The molecule has 2 aromatic carbocycles. The van der Waals surface area contributed by atoms with E-state index >= 15 is 0 Å². The first-order valence-electron chi connectivity index (χ1n) is 10.2. The van der Waals surface area contributed by atoms with Gasteiger partial charge in [-0.25, -0.2) is 13.7 Å². The number of amides is 2. The second kappa shape index (κ2) is 9.04. The van der Waals surface area contributed by atoms with Gasteiger partial charge in [0.15, 0.2) is 0 Å². The Hall–Kier alpha value is -3.70. The number of non-ortho nitro benzene ring substituents is 1. The molecule has 1 fully saturated rings. The third-order valence-corrected chi connectivity index (χ3v) is 5.68. The largest absolute Gasteiger partial charge is 0.395 e. The number of hydrogen-bond donors (Lipinski definition) is 1. The van der Waals surface area contributed by atoms with Crippen molar-refractivity contribution in [3.63, 3.8) is 0 Å². The fourth-order valence-electron chi connectivity index (χ4n) is 4.04. The van der Waals surface area contributed by atoms with Crippen LogP contribution >= 0.6 is 0 Å². The Bertz CT molecular complexity index is 1140. The first kappa shape index (κ1) is 22.5. The lowest BCUT2D eigenvalue weighted by Gasteiger charge is -2.36. The van der Waals surface area contributed by atoms with Gasteiger partial charge in [-0.1, -0.05) is 0 Å². The number of nitrogens with zero attached hydrogens (tertiary/aromatic N) is 4. The number of imide groups is 1. The Balaban J connectivity index is 1.76. The van der Waals surface area contributed by atoms with Crippen molar-refractivity contribution in [2.75, 3.05) is 44.2 Å². The molecule has 2 aliphatic rings. The number of nitro groups is 1. The molecule has 2 aromatic rings. The van der Waals surface area contributed by atoms with Crippen molar-refractivity contribution in [1.29, 1.82) is 0 Å². The number of anilines is 1. The van der Waals surface area contributed by atoms with Crippen LogP contribution in [0.15, 0.2) is 48.2 Å². The molecule has 2 aliphatic heterocycles. The zero-order valence-electron chi connectivity index (χ0n) is 17.4. The summed E-state index contributed by atoms with van der Waals surface area (Å²) in [5.74, 6) is -3.46. The van der Waals surface area contributed by atoms with Crippen molar-refractivity contribution in [2.24, 2.45) is 0 Å². The van der Waals surface area contributed by atoms with Gasteiger partial charge >= 0.3 is 0 Å². The molecule has 1 saturated heterocycles. The maximum absolute atomic E-state index is 14.5. The van der Waals surface area contributed by atoms with Crippen LogP contribution < -0.4 is 4.90 Å². The summed E-state index contributed by atoms with van der Waals surface area (Å²) in [4.78, 5) is 41.6. The lowest BCUT2D eigenvalue weighted by atomic mass is 10.0. The van der Waals surface area contributed by atoms with Gasteiger partial charge in [-0.2, -0.15) is 0 Å². The van der Waals surface area contributed by atoms with Crippen LogP contribution in [0.25, 0.3) is 5.57 Å². The summed E-state index contributed by atoms with van der Waals surface area (Å²) in [6, 6.07) is 7.74. The highest BCUT2D eigenvalue weighted by Crippen LogP contribution is 2.36. The van der Waals surface area contributed by atoms with Gasteiger partial charge < -0.3 is 10.0 Å². The monoisotopic (exact) mass is 458 g/mol. The minimum Gasteiger partial charge on any atom is -0.395 e. The summed E-state index contributed by atoms with van der Waals surface area (Å²) in [6.45, 7) is 2.29. The van der Waals surface area contributed by atoms with Crippen molar-refractivity contribution in [1.82, 2.24) is 9.80 Å². The fourth-order valence-corrected chi connectivity index (χ4v) is 4.04. The normalized spacial score (nSPS) is 17.3. The number of aliphatic hydroxyl groups is 1. The number of piperazine rings is 1. The van der Waals surface area contributed by atoms with E-state index in [1.54, 1.807) is 4.90 Å². The van der Waals surface area contributed by atoms with E-state index in [4.69, 9.17) is 5.11 Å². The second-order valence-electron chi connectivity index (χ2n) is 7.62. The van der Waals surface area contributed by atoms with Crippen LogP contribution in [0.5, 0.6) is 0 Å². The van der Waals surface area contributed by atoms with Crippen molar-refractivity contribution >= 4 is 28.8 Å². The molecule has 0 unspecified atom stereocenters. The predicted octanol–water partition coefficient (Wildman–Crippen LogP) is 1.77. The van der Waals surface area contributed by atoms with Crippen LogP contribution in [0.1, 0.15) is 5.56 Å². The number of carbonyl (C=O) groups excluding carboxylic acids is 2. The molecule has 0 saturated carbocycles. The van der Waals surface area contributed by atoms with Gasteiger partial charge in [-0.3, -0.25) is 24.6 Å². The molecule has 0 spiro atoms. The Morgan fingerprint density at radius 1 is 0.970 bits per heavy atom. The lowest BCUT2D eigenvalue weighted by Crippen LogP contribution is -2.48. The molecular formula is C22H20F2N4O5. The minimum atomic E-state index is -1.06. The minimum absolute atomic E-state index is 0.00534. The number of benzene rings is 2. The highest BCUT2D eigenvalue weighted by Gasteiger charge is 2.44. The second-order valence-corrected chi connectivity index (χ2v) is 7.62. The highest BCUT2D eigenvalue weighted by atomic mass is 19.1. The van der Waals surface area contributed by atoms with E-state index in [9.17, 15) is 28.5 Å². The summed E-state index contributed by atoms with van der Waals surface area (Å²) >= 11 is 0. The first-order valence-corrected chi connectivity index (χ1v) is 10.2. The average Bonchev–Trinajstić information content (AvgIpc) is 3.05. The highest BCUT2D eigenvalue weighted by molar-refractivity contribution is 6.45. The number of halogens is 2. The van der Waals surface area contributed by atoms with Crippen molar-refractivity contribution in [3.8, 4) is 0 Å².